The summed E-state index contributed by atoms with van der Waals surface area (Å²) in [7, 11) is 0. The topological polar surface area (TPSA) is 0 Å². The Morgan fingerprint density at radius 1 is 1.23 bits per heavy atom. The fraction of sp³-hybridized carbons (Fsp3) is 0.333. The van der Waals surface area contributed by atoms with Crippen molar-refractivity contribution in [3.05, 3.63) is 47.8 Å². The summed E-state index contributed by atoms with van der Waals surface area (Å²) < 4.78 is 12.8. The highest BCUT2D eigenvalue weighted by atomic mass is 19.1. The molecule has 68 valence electrons. The summed E-state index contributed by atoms with van der Waals surface area (Å²) in [5.41, 5.74) is 1.12. The molecule has 0 aromatic heterocycles. The predicted molar refractivity (Wildman–Crippen MR) is 52.0 cm³/mol. The van der Waals surface area contributed by atoms with Crippen molar-refractivity contribution in [1.29, 1.82) is 0 Å². The molecule has 1 aromatic rings. The van der Waals surface area contributed by atoms with E-state index in [1.807, 2.05) is 6.07 Å². The van der Waals surface area contributed by atoms with E-state index in [1.54, 1.807) is 12.1 Å². The average molecular weight is 176 g/mol. The lowest BCUT2D eigenvalue weighted by molar-refractivity contribution is 0.562. The second-order valence-corrected chi connectivity index (χ2v) is 3.64. The summed E-state index contributed by atoms with van der Waals surface area (Å²) in [5.74, 6) is 0.574. The molecule has 0 saturated carbocycles. The maximum absolute atomic E-state index is 12.8. The van der Waals surface area contributed by atoms with Gasteiger partial charge in [-0.05, 0) is 42.9 Å². The lowest BCUT2D eigenvalue weighted by atomic mass is 9.97. The normalized spacial score (nSPS) is 16.7. The Hall–Kier alpha value is -1.11. The van der Waals surface area contributed by atoms with Crippen molar-refractivity contribution in [3.8, 4) is 0 Å². The van der Waals surface area contributed by atoms with Crippen molar-refractivity contribution < 1.29 is 4.39 Å². The number of halogens is 1. The standard InChI is InChI=1S/C12H13F/c13-12-7-3-6-11(9-12)8-10-4-1-2-5-10/h1-3,6-7,9-10H,4-5,8H2. The summed E-state index contributed by atoms with van der Waals surface area (Å²) in [6.45, 7) is 0. The maximum atomic E-state index is 12.8. The zero-order valence-electron chi connectivity index (χ0n) is 7.54. The Bertz CT molecular complexity index is 307. The molecule has 0 amide bonds. The minimum absolute atomic E-state index is 0.122. The maximum Gasteiger partial charge on any atom is 0.123 e. The quantitative estimate of drug-likeness (QED) is 0.606. The third-order valence-electron chi connectivity index (χ3n) is 2.52. The van der Waals surface area contributed by atoms with Gasteiger partial charge in [0.05, 0.1) is 0 Å². The smallest absolute Gasteiger partial charge is 0.123 e. The second kappa shape index (κ2) is 3.73. The van der Waals surface area contributed by atoms with Gasteiger partial charge in [-0.1, -0.05) is 24.3 Å². The molecular weight excluding hydrogens is 163 g/mol. The molecule has 13 heavy (non-hydrogen) atoms. The van der Waals surface area contributed by atoms with E-state index in [1.165, 1.54) is 6.07 Å². The Morgan fingerprint density at radius 2 is 2.00 bits per heavy atom. The third kappa shape index (κ3) is 2.18. The molecule has 1 aromatic carbocycles. The number of hydrogen-bond acceptors (Lipinski definition) is 0. The zero-order valence-corrected chi connectivity index (χ0v) is 7.54. The molecule has 2 rings (SSSR count). The van der Waals surface area contributed by atoms with Crippen LogP contribution in [0, 0.1) is 11.7 Å². The number of benzene rings is 1. The van der Waals surface area contributed by atoms with Gasteiger partial charge in [0.25, 0.3) is 0 Å². The first kappa shape index (κ1) is 8.49. The van der Waals surface area contributed by atoms with Gasteiger partial charge in [-0.15, -0.1) is 0 Å². The molecule has 1 aliphatic rings. The molecule has 0 nitrogen and oxygen atoms in total. The van der Waals surface area contributed by atoms with Crippen molar-refractivity contribution in [2.45, 2.75) is 19.3 Å². The summed E-state index contributed by atoms with van der Waals surface area (Å²) in [6, 6.07) is 6.92. The lowest BCUT2D eigenvalue weighted by Gasteiger charge is -2.08. The first-order chi connectivity index (χ1) is 6.34. The van der Waals surface area contributed by atoms with Crippen LogP contribution in [0.2, 0.25) is 0 Å². The van der Waals surface area contributed by atoms with Gasteiger partial charge < -0.3 is 0 Å². The van der Waals surface area contributed by atoms with E-state index in [4.69, 9.17) is 0 Å². The van der Waals surface area contributed by atoms with Crippen molar-refractivity contribution >= 4 is 0 Å². The van der Waals surface area contributed by atoms with E-state index in [2.05, 4.69) is 12.2 Å². The van der Waals surface area contributed by atoms with Crippen LogP contribution >= 0.6 is 0 Å². The van der Waals surface area contributed by atoms with Gasteiger partial charge in [0.2, 0.25) is 0 Å². The summed E-state index contributed by atoms with van der Waals surface area (Å²) >= 11 is 0. The van der Waals surface area contributed by atoms with E-state index < -0.39 is 0 Å². The van der Waals surface area contributed by atoms with Crippen LogP contribution in [0.15, 0.2) is 36.4 Å². The number of rotatable bonds is 2. The van der Waals surface area contributed by atoms with Gasteiger partial charge in [-0.2, -0.15) is 0 Å². The Kier molecular flexibility index (Phi) is 2.44. The fourth-order valence-electron chi connectivity index (χ4n) is 1.84. The van der Waals surface area contributed by atoms with E-state index in [0.717, 1.165) is 24.8 Å². The van der Waals surface area contributed by atoms with Crippen LogP contribution in [-0.2, 0) is 6.42 Å². The molecule has 1 aliphatic carbocycles. The SMILES string of the molecule is Fc1cccc(CC2CC=CC2)c1. The molecule has 0 fully saturated rings. The van der Waals surface area contributed by atoms with Gasteiger partial charge >= 0.3 is 0 Å². The summed E-state index contributed by atoms with van der Waals surface area (Å²) in [4.78, 5) is 0. The van der Waals surface area contributed by atoms with Crippen LogP contribution in [0.5, 0.6) is 0 Å². The highest BCUT2D eigenvalue weighted by molar-refractivity contribution is 5.17. The Labute approximate surface area is 78.1 Å². The zero-order chi connectivity index (χ0) is 9.10. The van der Waals surface area contributed by atoms with Crippen LogP contribution in [0.1, 0.15) is 18.4 Å². The van der Waals surface area contributed by atoms with E-state index >= 15 is 0 Å². The Morgan fingerprint density at radius 3 is 2.69 bits per heavy atom. The van der Waals surface area contributed by atoms with Gasteiger partial charge in [0.15, 0.2) is 0 Å². The van der Waals surface area contributed by atoms with Crippen molar-refractivity contribution in [1.82, 2.24) is 0 Å². The first-order valence-corrected chi connectivity index (χ1v) is 4.74. The highest BCUT2D eigenvalue weighted by Gasteiger charge is 2.10. The molecular formula is C12H13F. The molecule has 0 saturated heterocycles. The van der Waals surface area contributed by atoms with Crippen LogP contribution < -0.4 is 0 Å². The predicted octanol–water partition coefficient (Wildman–Crippen LogP) is 3.33. The molecule has 0 radical (unpaired) electrons. The van der Waals surface area contributed by atoms with Crippen LogP contribution in [0.25, 0.3) is 0 Å². The van der Waals surface area contributed by atoms with Gasteiger partial charge in [-0.25, -0.2) is 4.39 Å². The summed E-state index contributed by atoms with van der Waals surface area (Å²) in [6.07, 6.45) is 7.73. The highest BCUT2D eigenvalue weighted by Crippen LogP contribution is 2.22. The third-order valence-corrected chi connectivity index (χ3v) is 2.52. The average Bonchev–Trinajstić information content (AvgIpc) is 2.57. The van der Waals surface area contributed by atoms with Crippen molar-refractivity contribution in [2.75, 3.05) is 0 Å². The second-order valence-electron chi connectivity index (χ2n) is 3.64. The molecule has 0 unspecified atom stereocenters. The van der Waals surface area contributed by atoms with E-state index in [0.29, 0.717) is 5.92 Å². The molecule has 0 bridgehead atoms. The fourth-order valence-corrected chi connectivity index (χ4v) is 1.84. The van der Waals surface area contributed by atoms with E-state index in [-0.39, 0.29) is 5.82 Å². The van der Waals surface area contributed by atoms with Crippen molar-refractivity contribution in [3.63, 3.8) is 0 Å². The van der Waals surface area contributed by atoms with Gasteiger partial charge in [0, 0.05) is 0 Å². The van der Waals surface area contributed by atoms with Crippen molar-refractivity contribution in [2.24, 2.45) is 5.92 Å². The molecule has 1 heteroatoms. The monoisotopic (exact) mass is 176 g/mol. The summed E-state index contributed by atoms with van der Waals surface area (Å²) in [5, 5.41) is 0. The molecule has 0 N–H and O–H groups in total. The minimum Gasteiger partial charge on any atom is -0.207 e. The number of hydrogen-bond donors (Lipinski definition) is 0. The first-order valence-electron chi connectivity index (χ1n) is 4.74. The van der Waals surface area contributed by atoms with E-state index in [9.17, 15) is 4.39 Å². The van der Waals surface area contributed by atoms with Gasteiger partial charge in [-0.3, -0.25) is 0 Å². The largest absolute Gasteiger partial charge is 0.207 e. The Balaban J connectivity index is 2.01. The van der Waals surface area contributed by atoms with Crippen LogP contribution in [0.4, 0.5) is 4.39 Å². The molecule has 0 aliphatic heterocycles. The van der Waals surface area contributed by atoms with Crippen LogP contribution in [0.3, 0.4) is 0 Å². The van der Waals surface area contributed by atoms with Crippen LogP contribution in [-0.4, -0.2) is 0 Å². The lowest BCUT2D eigenvalue weighted by Crippen LogP contribution is -1.99. The minimum atomic E-state index is -0.122. The van der Waals surface area contributed by atoms with Gasteiger partial charge in [0.1, 0.15) is 5.82 Å². The molecule has 0 atom stereocenters. The molecule has 0 spiro atoms. The molecule has 0 heterocycles. The number of allylic oxidation sites excluding steroid dienone is 2.